The second kappa shape index (κ2) is 5.63. The topological polar surface area (TPSA) is 87.6 Å². The van der Waals surface area contributed by atoms with Crippen molar-refractivity contribution < 1.29 is 18.3 Å². The third-order valence-corrected chi connectivity index (χ3v) is 4.81. The van der Waals surface area contributed by atoms with Gasteiger partial charge < -0.3 is 5.11 Å². The number of carboxylic acids is 1. The maximum atomic E-state index is 12.3. The lowest BCUT2D eigenvalue weighted by molar-refractivity contribution is 0.0696. The van der Waals surface area contributed by atoms with Gasteiger partial charge in [0.25, 0.3) is 0 Å². The Morgan fingerprint density at radius 1 is 1.14 bits per heavy atom. The molecular formula is C14H14N2O4S. The van der Waals surface area contributed by atoms with Crippen molar-refractivity contribution in [3.63, 3.8) is 0 Å². The molecule has 0 aliphatic carbocycles. The average molecular weight is 306 g/mol. The normalized spacial score (nSPS) is 11.6. The Morgan fingerprint density at radius 2 is 1.81 bits per heavy atom. The Hall–Kier alpha value is -2.25. The smallest absolute Gasteiger partial charge is 0.337 e. The van der Waals surface area contributed by atoms with Crippen LogP contribution in [-0.4, -0.2) is 42.9 Å². The summed E-state index contributed by atoms with van der Waals surface area (Å²) in [7, 11) is -0.702. The van der Waals surface area contributed by atoms with Crippen LogP contribution in [0.25, 0.3) is 11.3 Å². The van der Waals surface area contributed by atoms with E-state index in [0.29, 0.717) is 11.3 Å². The number of rotatable bonds is 4. The number of aromatic carboxylic acids is 1. The van der Waals surface area contributed by atoms with Crippen molar-refractivity contribution in [3.8, 4) is 11.3 Å². The molecule has 2 rings (SSSR count). The molecule has 7 heteroatoms. The van der Waals surface area contributed by atoms with Gasteiger partial charge in [-0.2, -0.15) is 0 Å². The van der Waals surface area contributed by atoms with Crippen molar-refractivity contribution in [2.24, 2.45) is 0 Å². The first-order chi connectivity index (χ1) is 9.84. The zero-order valence-electron chi connectivity index (χ0n) is 11.5. The van der Waals surface area contributed by atoms with E-state index in [4.69, 9.17) is 5.11 Å². The summed E-state index contributed by atoms with van der Waals surface area (Å²) in [6, 6.07) is 9.36. The fourth-order valence-electron chi connectivity index (χ4n) is 1.78. The van der Waals surface area contributed by atoms with Crippen LogP contribution in [0.5, 0.6) is 0 Å². The van der Waals surface area contributed by atoms with Gasteiger partial charge in [0.1, 0.15) is 0 Å². The van der Waals surface area contributed by atoms with Crippen molar-refractivity contribution in [3.05, 3.63) is 48.2 Å². The number of nitrogens with zero attached hydrogens (tertiary/aromatic N) is 2. The highest BCUT2D eigenvalue weighted by Gasteiger charge is 2.22. The number of carbonyl (C=O) groups is 1. The molecule has 0 amide bonds. The van der Waals surface area contributed by atoms with Crippen LogP contribution in [0.1, 0.15) is 10.4 Å². The summed E-state index contributed by atoms with van der Waals surface area (Å²) in [6.07, 6.45) is 1.21. The molecular weight excluding hydrogens is 292 g/mol. The second-order valence-corrected chi connectivity index (χ2v) is 6.64. The quantitative estimate of drug-likeness (QED) is 0.929. The lowest BCUT2D eigenvalue weighted by Crippen LogP contribution is -2.22. The van der Waals surface area contributed by atoms with Gasteiger partial charge >= 0.3 is 5.97 Å². The molecule has 1 N–H and O–H groups in total. The van der Waals surface area contributed by atoms with Crippen LogP contribution < -0.4 is 0 Å². The molecule has 0 aliphatic heterocycles. The van der Waals surface area contributed by atoms with E-state index in [2.05, 4.69) is 4.98 Å². The first kappa shape index (κ1) is 15.1. The third-order valence-electron chi connectivity index (χ3n) is 2.93. The lowest BCUT2D eigenvalue weighted by Gasteiger charge is -2.14. The van der Waals surface area contributed by atoms with Gasteiger partial charge in [0.05, 0.1) is 16.2 Å². The van der Waals surface area contributed by atoms with E-state index in [0.717, 1.165) is 4.31 Å². The summed E-state index contributed by atoms with van der Waals surface area (Å²) in [4.78, 5) is 15.0. The number of pyridine rings is 1. The molecule has 0 unspecified atom stereocenters. The van der Waals surface area contributed by atoms with Crippen LogP contribution >= 0.6 is 0 Å². The van der Waals surface area contributed by atoms with Crippen molar-refractivity contribution in [2.45, 2.75) is 4.90 Å². The molecule has 1 heterocycles. The minimum absolute atomic E-state index is 0.0479. The Morgan fingerprint density at radius 3 is 2.33 bits per heavy atom. The minimum Gasteiger partial charge on any atom is -0.478 e. The molecule has 0 fully saturated rings. The van der Waals surface area contributed by atoms with Crippen LogP contribution in [0, 0.1) is 0 Å². The van der Waals surface area contributed by atoms with Crippen molar-refractivity contribution in [1.29, 1.82) is 0 Å². The SMILES string of the molecule is CN(C)S(=O)(=O)c1ccccc1-c1ccc(C(=O)O)cn1. The fourth-order valence-corrected chi connectivity index (χ4v) is 2.87. The molecule has 0 aliphatic rings. The molecule has 21 heavy (non-hydrogen) atoms. The van der Waals surface area contributed by atoms with E-state index in [-0.39, 0.29) is 10.5 Å². The van der Waals surface area contributed by atoms with E-state index < -0.39 is 16.0 Å². The lowest BCUT2D eigenvalue weighted by atomic mass is 10.1. The second-order valence-electron chi connectivity index (χ2n) is 4.52. The summed E-state index contributed by atoms with van der Waals surface area (Å²) in [5.41, 5.74) is 0.885. The van der Waals surface area contributed by atoms with Crippen LogP contribution in [-0.2, 0) is 10.0 Å². The molecule has 0 atom stereocenters. The molecule has 6 nitrogen and oxygen atoms in total. The number of benzene rings is 1. The van der Waals surface area contributed by atoms with E-state index in [9.17, 15) is 13.2 Å². The van der Waals surface area contributed by atoms with E-state index in [1.54, 1.807) is 18.2 Å². The summed E-state index contributed by atoms with van der Waals surface area (Å²) in [5.74, 6) is -1.08. The highest BCUT2D eigenvalue weighted by Crippen LogP contribution is 2.27. The molecule has 0 bridgehead atoms. The number of carboxylic acid groups (broad SMARTS) is 1. The molecule has 0 radical (unpaired) electrons. The standard InChI is InChI=1S/C14H14N2O4S/c1-16(2)21(19,20)13-6-4-3-5-11(13)12-8-7-10(9-15-12)14(17)18/h3-9H,1-2H3,(H,17,18). The van der Waals surface area contributed by atoms with Gasteiger partial charge in [-0.15, -0.1) is 0 Å². The molecule has 110 valence electrons. The summed E-state index contributed by atoms with van der Waals surface area (Å²) in [5, 5.41) is 8.86. The highest BCUT2D eigenvalue weighted by molar-refractivity contribution is 7.89. The maximum absolute atomic E-state index is 12.3. The Labute approximate surface area is 122 Å². The van der Waals surface area contributed by atoms with Gasteiger partial charge in [-0.3, -0.25) is 4.98 Å². The molecule has 2 aromatic rings. The molecule has 1 aromatic heterocycles. The van der Waals surface area contributed by atoms with Crippen molar-refractivity contribution >= 4 is 16.0 Å². The Kier molecular flexibility index (Phi) is 4.06. The number of hydrogen-bond acceptors (Lipinski definition) is 4. The van der Waals surface area contributed by atoms with Gasteiger partial charge in [0.2, 0.25) is 10.0 Å². The predicted octanol–water partition coefficient (Wildman–Crippen LogP) is 1.70. The minimum atomic E-state index is -3.61. The highest BCUT2D eigenvalue weighted by atomic mass is 32.2. The molecule has 0 spiro atoms. The average Bonchev–Trinajstić information content (AvgIpc) is 2.47. The number of sulfonamides is 1. The van der Waals surface area contributed by atoms with E-state index in [1.807, 2.05) is 0 Å². The number of hydrogen-bond donors (Lipinski definition) is 1. The molecule has 1 aromatic carbocycles. The van der Waals surface area contributed by atoms with Gasteiger partial charge in [-0.05, 0) is 18.2 Å². The largest absolute Gasteiger partial charge is 0.478 e. The van der Waals surface area contributed by atoms with Crippen molar-refractivity contribution in [1.82, 2.24) is 9.29 Å². The van der Waals surface area contributed by atoms with E-state index in [1.165, 1.54) is 38.5 Å². The van der Waals surface area contributed by atoms with Crippen molar-refractivity contribution in [2.75, 3.05) is 14.1 Å². The Balaban J connectivity index is 2.58. The molecule has 0 saturated carbocycles. The first-order valence-electron chi connectivity index (χ1n) is 6.05. The summed E-state index contributed by atoms with van der Waals surface area (Å²) >= 11 is 0. The van der Waals surface area contributed by atoms with Gasteiger partial charge in [-0.25, -0.2) is 17.5 Å². The van der Waals surface area contributed by atoms with E-state index >= 15 is 0 Å². The fraction of sp³-hybridized carbons (Fsp3) is 0.143. The monoisotopic (exact) mass is 306 g/mol. The zero-order chi connectivity index (χ0) is 15.6. The summed E-state index contributed by atoms with van der Waals surface area (Å²) in [6.45, 7) is 0. The van der Waals surface area contributed by atoms with Gasteiger partial charge in [-0.1, -0.05) is 18.2 Å². The first-order valence-corrected chi connectivity index (χ1v) is 7.49. The van der Waals surface area contributed by atoms with Crippen LogP contribution in [0.3, 0.4) is 0 Å². The molecule has 0 saturated heterocycles. The summed E-state index contributed by atoms with van der Waals surface area (Å²) < 4.78 is 25.7. The van der Waals surface area contributed by atoms with Crippen LogP contribution in [0.4, 0.5) is 0 Å². The zero-order valence-corrected chi connectivity index (χ0v) is 12.3. The number of aromatic nitrogens is 1. The van der Waals surface area contributed by atoms with Crippen LogP contribution in [0.2, 0.25) is 0 Å². The Bertz CT molecular complexity index is 768. The predicted molar refractivity (Wildman–Crippen MR) is 77.5 cm³/mol. The third kappa shape index (κ3) is 2.93. The van der Waals surface area contributed by atoms with Gasteiger partial charge in [0, 0.05) is 25.9 Å². The van der Waals surface area contributed by atoms with Gasteiger partial charge in [0.15, 0.2) is 0 Å². The van der Waals surface area contributed by atoms with Crippen LogP contribution in [0.15, 0.2) is 47.5 Å². The maximum Gasteiger partial charge on any atom is 0.337 e.